The second-order valence-corrected chi connectivity index (χ2v) is 7.29. The minimum atomic E-state index is -3.64. The van der Waals surface area contributed by atoms with Crippen LogP contribution < -0.4 is 9.46 Å². The van der Waals surface area contributed by atoms with E-state index in [1.54, 1.807) is 6.07 Å². The largest absolute Gasteiger partial charge is 0.494 e. The molecule has 2 heterocycles. The summed E-state index contributed by atoms with van der Waals surface area (Å²) in [5.74, 6) is 0.358. The van der Waals surface area contributed by atoms with Gasteiger partial charge in [-0.15, -0.1) is 16.4 Å². The summed E-state index contributed by atoms with van der Waals surface area (Å²) in [5, 5.41) is 12.8. The molecule has 0 fully saturated rings. The molecule has 0 aliphatic carbocycles. The van der Waals surface area contributed by atoms with Gasteiger partial charge in [-0.25, -0.2) is 13.1 Å². The van der Waals surface area contributed by atoms with Crippen molar-refractivity contribution in [2.24, 2.45) is 0 Å². The molecule has 0 bridgehead atoms. The number of aromatic nitrogens is 4. The van der Waals surface area contributed by atoms with Crippen molar-refractivity contribution >= 4 is 21.4 Å². The first kappa shape index (κ1) is 15.6. The maximum absolute atomic E-state index is 12.4. The molecule has 2 aromatic heterocycles. The average molecular weight is 351 g/mol. The summed E-state index contributed by atoms with van der Waals surface area (Å²) in [4.78, 5) is 1.05. The summed E-state index contributed by atoms with van der Waals surface area (Å²) in [5.41, 5.74) is 0.551. The average Bonchev–Trinajstić information content (AvgIpc) is 3.25. The fraction of sp³-hybridized carbons (Fsp3) is 0.154. The number of nitrogens with zero attached hydrogens (tertiary/aromatic N) is 4. The van der Waals surface area contributed by atoms with Gasteiger partial charge >= 0.3 is 0 Å². The molecule has 1 N–H and O–H groups in total. The second kappa shape index (κ2) is 6.44. The van der Waals surface area contributed by atoms with Crippen LogP contribution in [-0.4, -0.2) is 35.7 Å². The summed E-state index contributed by atoms with van der Waals surface area (Å²) in [6.45, 7) is 0.247. The Kier molecular flexibility index (Phi) is 4.37. The number of ether oxygens (including phenoxy) is 1. The third-order valence-corrected chi connectivity index (χ3v) is 5.35. The molecule has 0 unspecified atom stereocenters. The standard InChI is InChI=1S/C13H13N5O3S2/c1-21-13-7-11(4-5-12(13)18-9-14-16-17-18)23(19,20)15-8-10-3-2-6-22-10/h2-7,9,15H,8H2,1H3. The minimum Gasteiger partial charge on any atom is -0.494 e. The van der Waals surface area contributed by atoms with E-state index >= 15 is 0 Å². The Labute approximate surface area is 136 Å². The number of tetrazole rings is 1. The van der Waals surface area contributed by atoms with Crippen molar-refractivity contribution < 1.29 is 13.2 Å². The fourth-order valence-electron chi connectivity index (χ4n) is 1.95. The molecule has 8 nitrogen and oxygen atoms in total. The summed E-state index contributed by atoms with van der Waals surface area (Å²) in [6.07, 6.45) is 1.40. The topological polar surface area (TPSA) is 99.0 Å². The zero-order chi connectivity index (χ0) is 16.3. The van der Waals surface area contributed by atoms with Crippen LogP contribution in [0.5, 0.6) is 5.75 Å². The van der Waals surface area contributed by atoms with Gasteiger partial charge in [0.15, 0.2) is 0 Å². The maximum Gasteiger partial charge on any atom is 0.241 e. The molecule has 10 heteroatoms. The monoisotopic (exact) mass is 351 g/mol. The summed E-state index contributed by atoms with van der Waals surface area (Å²) >= 11 is 1.49. The van der Waals surface area contributed by atoms with Gasteiger partial charge in [0.2, 0.25) is 10.0 Å². The van der Waals surface area contributed by atoms with E-state index in [1.807, 2.05) is 17.5 Å². The van der Waals surface area contributed by atoms with Gasteiger partial charge in [0, 0.05) is 17.5 Å². The highest BCUT2D eigenvalue weighted by atomic mass is 32.2. The first-order chi connectivity index (χ1) is 11.1. The van der Waals surface area contributed by atoms with Crippen molar-refractivity contribution in [3.05, 3.63) is 46.9 Å². The molecule has 1 aromatic carbocycles. The van der Waals surface area contributed by atoms with Gasteiger partial charge in [0.25, 0.3) is 0 Å². The molecule has 0 atom stereocenters. The van der Waals surface area contributed by atoms with Crippen molar-refractivity contribution in [2.75, 3.05) is 7.11 Å². The molecule has 0 spiro atoms. The molecular weight excluding hydrogens is 338 g/mol. The quantitative estimate of drug-likeness (QED) is 0.717. The number of benzene rings is 1. The van der Waals surface area contributed by atoms with Crippen LogP contribution in [0.1, 0.15) is 4.88 Å². The molecule has 0 aliphatic rings. The number of rotatable bonds is 6. The van der Waals surface area contributed by atoms with Crippen LogP contribution in [0.15, 0.2) is 46.9 Å². The van der Waals surface area contributed by atoms with Gasteiger partial charge in [-0.3, -0.25) is 0 Å². The molecule has 0 amide bonds. The number of hydrogen-bond donors (Lipinski definition) is 1. The number of methoxy groups -OCH3 is 1. The maximum atomic E-state index is 12.4. The van der Waals surface area contributed by atoms with E-state index in [-0.39, 0.29) is 11.4 Å². The molecule has 0 aliphatic heterocycles. The highest BCUT2D eigenvalue weighted by Crippen LogP contribution is 2.25. The van der Waals surface area contributed by atoms with E-state index in [4.69, 9.17) is 4.74 Å². The summed E-state index contributed by atoms with van der Waals surface area (Å²) in [6, 6.07) is 8.26. The van der Waals surface area contributed by atoms with Crippen molar-refractivity contribution in [3.63, 3.8) is 0 Å². The van der Waals surface area contributed by atoms with Gasteiger partial charge in [0.1, 0.15) is 17.8 Å². The minimum absolute atomic E-state index is 0.114. The van der Waals surface area contributed by atoms with Gasteiger partial charge in [-0.1, -0.05) is 6.07 Å². The Hall–Kier alpha value is -2.30. The molecule has 0 saturated heterocycles. The van der Waals surface area contributed by atoms with Crippen LogP contribution in [0.25, 0.3) is 5.69 Å². The van der Waals surface area contributed by atoms with E-state index in [9.17, 15) is 8.42 Å². The van der Waals surface area contributed by atoms with Crippen LogP contribution in [0.3, 0.4) is 0 Å². The highest BCUT2D eigenvalue weighted by Gasteiger charge is 2.17. The Bertz CT molecular complexity index is 876. The third-order valence-electron chi connectivity index (χ3n) is 3.07. The lowest BCUT2D eigenvalue weighted by atomic mass is 10.3. The van der Waals surface area contributed by atoms with Gasteiger partial charge in [-0.05, 0) is 34.0 Å². The number of nitrogens with one attached hydrogen (secondary N) is 1. The first-order valence-electron chi connectivity index (χ1n) is 6.53. The van der Waals surface area contributed by atoms with Gasteiger partial charge in [0.05, 0.1) is 12.0 Å². The Balaban J connectivity index is 1.87. The first-order valence-corrected chi connectivity index (χ1v) is 8.90. The van der Waals surface area contributed by atoms with Crippen molar-refractivity contribution in [1.29, 1.82) is 0 Å². The van der Waals surface area contributed by atoms with E-state index in [0.717, 1.165) is 4.88 Å². The van der Waals surface area contributed by atoms with Gasteiger partial charge in [-0.2, -0.15) is 4.68 Å². The Morgan fingerprint density at radius 3 is 2.87 bits per heavy atom. The van der Waals surface area contributed by atoms with Crippen LogP contribution in [-0.2, 0) is 16.6 Å². The normalized spacial score (nSPS) is 11.5. The van der Waals surface area contributed by atoms with Gasteiger partial charge < -0.3 is 4.74 Å². The molecule has 3 rings (SSSR count). The van der Waals surface area contributed by atoms with Crippen molar-refractivity contribution in [1.82, 2.24) is 24.9 Å². The SMILES string of the molecule is COc1cc(S(=O)(=O)NCc2cccs2)ccc1-n1cnnn1. The van der Waals surface area contributed by atoms with E-state index in [1.165, 1.54) is 41.6 Å². The zero-order valence-corrected chi connectivity index (χ0v) is 13.7. The predicted octanol–water partition coefficient (Wildman–Crippen LogP) is 1.21. The number of hydrogen-bond acceptors (Lipinski definition) is 7. The van der Waals surface area contributed by atoms with E-state index in [2.05, 4.69) is 20.2 Å². The summed E-state index contributed by atoms with van der Waals surface area (Å²) < 4.78 is 34.0. The van der Waals surface area contributed by atoms with Crippen molar-refractivity contribution in [3.8, 4) is 11.4 Å². The molecule has 120 valence electrons. The molecule has 0 radical (unpaired) electrons. The van der Waals surface area contributed by atoms with Crippen molar-refractivity contribution in [2.45, 2.75) is 11.4 Å². The van der Waals surface area contributed by atoms with Crippen LogP contribution in [0, 0.1) is 0 Å². The smallest absolute Gasteiger partial charge is 0.241 e. The van der Waals surface area contributed by atoms with Crippen LogP contribution in [0.4, 0.5) is 0 Å². The Morgan fingerprint density at radius 1 is 1.35 bits per heavy atom. The lowest BCUT2D eigenvalue weighted by Crippen LogP contribution is -2.23. The summed E-state index contributed by atoms with van der Waals surface area (Å²) in [7, 11) is -2.18. The van der Waals surface area contributed by atoms with Crippen LogP contribution >= 0.6 is 11.3 Å². The second-order valence-electron chi connectivity index (χ2n) is 4.49. The third kappa shape index (κ3) is 3.38. The lowest BCUT2D eigenvalue weighted by molar-refractivity contribution is 0.410. The predicted molar refractivity (Wildman–Crippen MR) is 84.1 cm³/mol. The fourth-order valence-corrected chi connectivity index (χ4v) is 3.71. The van der Waals surface area contributed by atoms with Crippen LogP contribution in [0.2, 0.25) is 0 Å². The molecule has 23 heavy (non-hydrogen) atoms. The Morgan fingerprint density at radius 2 is 2.22 bits per heavy atom. The van der Waals surface area contributed by atoms with E-state index in [0.29, 0.717) is 11.4 Å². The number of thiophene rings is 1. The number of sulfonamides is 1. The van der Waals surface area contributed by atoms with E-state index < -0.39 is 10.0 Å². The highest BCUT2D eigenvalue weighted by molar-refractivity contribution is 7.89. The molecular formula is C13H13N5O3S2. The lowest BCUT2D eigenvalue weighted by Gasteiger charge is -2.11. The molecule has 0 saturated carbocycles. The molecule has 3 aromatic rings. The zero-order valence-electron chi connectivity index (χ0n) is 12.1.